The minimum absolute atomic E-state index is 0.0120. The van der Waals surface area contributed by atoms with Crippen molar-refractivity contribution in [1.82, 2.24) is 35.8 Å². The molecule has 4 bridgehead atoms. The highest BCUT2D eigenvalue weighted by Gasteiger charge is 2.29. The Hall–Kier alpha value is -4.63. The van der Waals surface area contributed by atoms with Crippen molar-refractivity contribution < 1.29 is 23.6 Å². The molecule has 44 heavy (non-hydrogen) atoms. The molecular weight excluding hydrogens is 605 g/mol. The molecule has 1 aliphatic rings. The van der Waals surface area contributed by atoms with Crippen LogP contribution < -0.4 is 21.3 Å². The first-order valence-corrected chi connectivity index (χ1v) is 15.7. The number of benzene rings is 1. The second kappa shape index (κ2) is 13.8. The molecule has 0 radical (unpaired) electrons. The second-order valence-electron chi connectivity index (χ2n) is 10.4. The van der Waals surface area contributed by atoms with Gasteiger partial charge in [-0.25, -0.2) is 15.0 Å². The minimum atomic E-state index is -0.690. The zero-order valence-corrected chi connectivity index (χ0v) is 26.0. The van der Waals surface area contributed by atoms with Gasteiger partial charge in [-0.3, -0.25) is 19.2 Å². The topological polar surface area (TPSA) is 171 Å². The first-order chi connectivity index (χ1) is 21.2. The lowest BCUT2D eigenvalue weighted by Gasteiger charge is -2.25. The Morgan fingerprint density at radius 1 is 1.05 bits per heavy atom. The van der Waals surface area contributed by atoms with Gasteiger partial charge >= 0.3 is 0 Å². The van der Waals surface area contributed by atoms with Crippen LogP contribution in [0, 0.1) is 5.92 Å². The number of nitrogens with zero attached hydrogens (tertiary/aromatic N) is 4. The van der Waals surface area contributed by atoms with Gasteiger partial charge in [0.05, 0.1) is 12.6 Å². The van der Waals surface area contributed by atoms with Crippen LogP contribution in [0.1, 0.15) is 73.9 Å². The van der Waals surface area contributed by atoms with Crippen LogP contribution in [0.3, 0.4) is 0 Å². The van der Waals surface area contributed by atoms with Gasteiger partial charge in [0.25, 0.3) is 17.7 Å². The number of carbonyl (C=O) groups excluding carboxylic acids is 4. The van der Waals surface area contributed by atoms with E-state index in [0.29, 0.717) is 16.6 Å². The lowest BCUT2D eigenvalue weighted by Crippen LogP contribution is -2.45. The van der Waals surface area contributed by atoms with Crippen LogP contribution in [0.15, 0.2) is 51.8 Å². The molecule has 230 valence electrons. The second-order valence-corrected chi connectivity index (χ2v) is 12.2. The number of nitrogens with one attached hydrogen (secondary N) is 4. The van der Waals surface area contributed by atoms with Crippen LogP contribution in [-0.2, 0) is 11.2 Å². The summed E-state index contributed by atoms with van der Waals surface area (Å²) in [5.74, 6) is -1.76. The molecule has 5 rings (SSSR count). The Bertz CT molecular complexity index is 1630. The van der Waals surface area contributed by atoms with Crippen molar-refractivity contribution in [2.75, 3.05) is 32.0 Å². The van der Waals surface area contributed by atoms with Crippen LogP contribution in [-0.4, -0.2) is 70.2 Å². The number of amides is 4. The summed E-state index contributed by atoms with van der Waals surface area (Å²) in [6.07, 6.45) is 1.58. The van der Waals surface area contributed by atoms with E-state index < -0.39 is 35.7 Å². The third-order valence-electron chi connectivity index (χ3n) is 6.87. The van der Waals surface area contributed by atoms with E-state index in [1.54, 1.807) is 17.8 Å². The molecule has 4 aromatic rings. The maximum atomic E-state index is 13.4. The summed E-state index contributed by atoms with van der Waals surface area (Å²) in [6.45, 7) is 3.66. The Labute approximate surface area is 261 Å². The van der Waals surface area contributed by atoms with Crippen LogP contribution in [0.2, 0.25) is 0 Å². The molecule has 0 unspecified atom stereocenters. The number of aromatic nitrogens is 3. The summed E-state index contributed by atoms with van der Waals surface area (Å²) in [7, 11) is 1.70. The summed E-state index contributed by atoms with van der Waals surface area (Å²) >= 11 is 2.53. The number of hydrogen-bond donors (Lipinski definition) is 4. The van der Waals surface area contributed by atoms with Gasteiger partial charge in [-0.15, -0.1) is 22.7 Å². The molecule has 4 amide bonds. The molecule has 2 atom stereocenters. The summed E-state index contributed by atoms with van der Waals surface area (Å²) < 4.78 is 5.68. The normalized spacial score (nSPS) is 18.2. The Kier molecular flexibility index (Phi) is 9.65. The minimum Gasteiger partial charge on any atom is -0.446 e. The maximum Gasteiger partial charge on any atom is 0.273 e. The highest BCUT2D eigenvalue weighted by atomic mass is 32.1. The molecule has 0 fully saturated rings. The SMILES string of the molecule is CNc1nc(C(=O)N2CCNC(=O)c3coc(n3)[C@H](Cc3ccccc3)NC(=O)c3csc(n3)[C@H](C(C)C)NC(=O)C2)cs1. The Balaban J connectivity index is 1.46. The first-order valence-electron chi connectivity index (χ1n) is 14.0. The van der Waals surface area contributed by atoms with Crippen molar-refractivity contribution in [3.05, 3.63) is 80.9 Å². The first kappa shape index (κ1) is 30.8. The summed E-state index contributed by atoms with van der Waals surface area (Å²) in [5.41, 5.74) is 1.30. The number of carbonyl (C=O) groups is 4. The predicted octanol–water partition coefficient (Wildman–Crippen LogP) is 3.04. The van der Waals surface area contributed by atoms with Crippen molar-refractivity contribution in [2.24, 2.45) is 5.92 Å². The van der Waals surface area contributed by atoms with E-state index in [1.807, 2.05) is 44.2 Å². The van der Waals surface area contributed by atoms with Gasteiger partial charge in [0, 0.05) is 37.3 Å². The van der Waals surface area contributed by atoms with E-state index in [9.17, 15) is 19.2 Å². The molecule has 3 aromatic heterocycles. The molecule has 1 aliphatic heterocycles. The summed E-state index contributed by atoms with van der Waals surface area (Å²) in [6, 6.07) is 8.32. The molecule has 4 N–H and O–H groups in total. The largest absolute Gasteiger partial charge is 0.446 e. The Morgan fingerprint density at radius 2 is 1.84 bits per heavy atom. The fourth-order valence-corrected chi connectivity index (χ4v) is 6.24. The molecule has 0 saturated heterocycles. The fraction of sp³-hybridized carbons (Fsp3) is 0.345. The van der Waals surface area contributed by atoms with Crippen LogP contribution >= 0.6 is 22.7 Å². The molecule has 0 aliphatic carbocycles. The van der Waals surface area contributed by atoms with Gasteiger partial charge < -0.3 is 30.6 Å². The van der Waals surface area contributed by atoms with Crippen molar-refractivity contribution >= 4 is 51.4 Å². The number of rotatable bonds is 5. The van der Waals surface area contributed by atoms with E-state index >= 15 is 0 Å². The third-order valence-corrected chi connectivity index (χ3v) is 8.66. The van der Waals surface area contributed by atoms with E-state index in [1.165, 1.54) is 33.8 Å². The van der Waals surface area contributed by atoms with Crippen LogP contribution in [0.4, 0.5) is 5.13 Å². The molecular formula is C29H32N8O5S2. The maximum absolute atomic E-state index is 13.4. The third kappa shape index (κ3) is 7.29. The van der Waals surface area contributed by atoms with E-state index in [2.05, 4.69) is 36.2 Å². The van der Waals surface area contributed by atoms with Crippen LogP contribution in [0.5, 0.6) is 0 Å². The average Bonchev–Trinajstić information content (AvgIpc) is 3.80. The standard InChI is InChI=1S/C29H32N8O5S2/c1-16(2)23-27-34-20(14-43-27)25(40)32-18(11-17-7-5-4-6-8-17)26-33-19(13-42-26)24(39)31-9-10-37(12-22(38)36-23)28(41)21-15-44-29(30-3)35-21/h4-8,13-16,18,23H,9-12H2,1-3H3,(H,30,35)(H,31,39)(H,32,40)(H,36,38)/t18-,23-/m0/s1. The average molecular weight is 637 g/mol. The van der Waals surface area contributed by atoms with Gasteiger partial charge in [-0.2, -0.15) is 0 Å². The van der Waals surface area contributed by atoms with Gasteiger partial charge in [0.15, 0.2) is 10.8 Å². The van der Waals surface area contributed by atoms with E-state index in [0.717, 1.165) is 5.56 Å². The summed E-state index contributed by atoms with van der Waals surface area (Å²) in [4.78, 5) is 67.6. The van der Waals surface area contributed by atoms with Crippen molar-refractivity contribution in [2.45, 2.75) is 32.4 Å². The quantitative estimate of drug-likeness (QED) is 0.257. The fourth-order valence-electron chi connectivity index (χ4n) is 4.57. The van der Waals surface area contributed by atoms with Gasteiger partial charge in [-0.1, -0.05) is 44.2 Å². The number of oxazole rings is 1. The van der Waals surface area contributed by atoms with E-state index in [4.69, 9.17) is 4.42 Å². The zero-order valence-electron chi connectivity index (χ0n) is 24.3. The highest BCUT2D eigenvalue weighted by Crippen LogP contribution is 2.26. The van der Waals surface area contributed by atoms with E-state index in [-0.39, 0.29) is 48.5 Å². The lowest BCUT2D eigenvalue weighted by molar-refractivity contribution is -0.122. The molecule has 1 aromatic carbocycles. The lowest BCUT2D eigenvalue weighted by atomic mass is 10.0. The predicted molar refractivity (Wildman–Crippen MR) is 165 cm³/mol. The van der Waals surface area contributed by atoms with Crippen molar-refractivity contribution in [1.29, 1.82) is 0 Å². The molecule has 0 saturated carbocycles. The number of hydrogen-bond acceptors (Lipinski definition) is 11. The van der Waals surface area contributed by atoms with Gasteiger partial charge in [0.2, 0.25) is 11.8 Å². The van der Waals surface area contributed by atoms with Crippen LogP contribution in [0.25, 0.3) is 0 Å². The number of thiazole rings is 2. The number of fused-ring (bicyclic) bond motifs is 4. The number of anilines is 1. The molecule has 0 spiro atoms. The molecule has 15 heteroatoms. The van der Waals surface area contributed by atoms with Gasteiger partial charge in [-0.05, 0) is 11.5 Å². The van der Waals surface area contributed by atoms with Crippen molar-refractivity contribution in [3.63, 3.8) is 0 Å². The smallest absolute Gasteiger partial charge is 0.273 e. The molecule has 4 heterocycles. The van der Waals surface area contributed by atoms with Gasteiger partial charge in [0.1, 0.15) is 28.7 Å². The Morgan fingerprint density at radius 3 is 2.57 bits per heavy atom. The highest BCUT2D eigenvalue weighted by molar-refractivity contribution is 7.13. The van der Waals surface area contributed by atoms with Crippen molar-refractivity contribution in [3.8, 4) is 0 Å². The summed E-state index contributed by atoms with van der Waals surface area (Å²) in [5, 5.41) is 15.9. The zero-order chi connectivity index (χ0) is 31.2. The molecule has 13 nitrogen and oxygen atoms in total. The monoisotopic (exact) mass is 636 g/mol.